The molecule has 0 spiro atoms. The summed E-state index contributed by atoms with van der Waals surface area (Å²) in [4.78, 5) is 23.6. The molecule has 0 aliphatic carbocycles. The number of carbonyl (C=O) groups excluding carboxylic acids is 1. The van der Waals surface area contributed by atoms with E-state index in [1.54, 1.807) is 14.0 Å². The number of H-pyrrole nitrogens is 1. The van der Waals surface area contributed by atoms with Gasteiger partial charge in [-0.3, -0.25) is 19.4 Å². The van der Waals surface area contributed by atoms with E-state index in [-0.39, 0.29) is 23.4 Å². The Morgan fingerprint density at radius 2 is 2.05 bits per heavy atom. The number of allylic oxidation sites excluding steroid dienone is 1. The first kappa shape index (κ1) is 16.1. The van der Waals surface area contributed by atoms with E-state index in [1.807, 2.05) is 19.9 Å². The second-order valence-corrected chi connectivity index (χ2v) is 4.30. The predicted octanol–water partition coefficient (Wildman–Crippen LogP) is 2.21. The summed E-state index contributed by atoms with van der Waals surface area (Å²) >= 11 is 0. The first-order chi connectivity index (χ1) is 9.54. The zero-order valence-electron chi connectivity index (χ0n) is 12.5. The molecular weight excluding hydrogens is 260 g/mol. The summed E-state index contributed by atoms with van der Waals surface area (Å²) in [5.74, 6) is 0.190. The fourth-order valence-corrected chi connectivity index (χ4v) is 1.67. The highest BCUT2D eigenvalue weighted by atomic mass is 16.5. The third-order valence-corrected chi connectivity index (χ3v) is 2.68. The van der Waals surface area contributed by atoms with E-state index in [9.17, 15) is 9.59 Å². The molecule has 0 unspecified atom stereocenters. The second-order valence-electron chi connectivity index (χ2n) is 4.30. The summed E-state index contributed by atoms with van der Waals surface area (Å²) in [6.07, 6.45) is 3.80. The highest BCUT2D eigenvalue weighted by molar-refractivity contribution is 5.74. The van der Waals surface area contributed by atoms with Crippen LogP contribution in [0.3, 0.4) is 0 Å². The van der Waals surface area contributed by atoms with E-state index < -0.39 is 5.97 Å². The number of aromatic nitrogens is 2. The van der Waals surface area contributed by atoms with Gasteiger partial charge in [0.05, 0.1) is 6.61 Å². The maximum absolute atomic E-state index is 12.2. The second kappa shape index (κ2) is 7.57. The van der Waals surface area contributed by atoms with Gasteiger partial charge in [-0.1, -0.05) is 20.3 Å². The van der Waals surface area contributed by atoms with Crippen molar-refractivity contribution < 1.29 is 14.3 Å². The van der Waals surface area contributed by atoms with Gasteiger partial charge in [0.15, 0.2) is 0 Å². The standard InChI is InChI=1S/C14H22N2O4/c1-5-8-9-10(19-7-3)12-13(20-11(17)6-2)15-16(4)14(12)18/h9,15H,5-8H2,1-4H3. The molecule has 1 aromatic rings. The van der Waals surface area contributed by atoms with E-state index in [4.69, 9.17) is 9.47 Å². The van der Waals surface area contributed by atoms with Crippen molar-refractivity contribution in [2.75, 3.05) is 6.61 Å². The van der Waals surface area contributed by atoms with Crippen LogP contribution in [0.4, 0.5) is 0 Å². The van der Waals surface area contributed by atoms with Gasteiger partial charge in [-0.15, -0.1) is 0 Å². The lowest BCUT2D eigenvalue weighted by Crippen LogP contribution is -2.16. The molecule has 0 radical (unpaired) electrons. The van der Waals surface area contributed by atoms with Gasteiger partial charge >= 0.3 is 5.97 Å². The minimum absolute atomic E-state index is 0.139. The molecule has 0 aromatic carbocycles. The van der Waals surface area contributed by atoms with Crippen molar-refractivity contribution >= 4 is 11.7 Å². The lowest BCUT2D eigenvalue weighted by molar-refractivity contribution is -0.134. The van der Waals surface area contributed by atoms with E-state index in [0.29, 0.717) is 12.4 Å². The minimum atomic E-state index is -0.403. The molecule has 0 fully saturated rings. The number of aromatic amines is 1. The summed E-state index contributed by atoms with van der Waals surface area (Å²) in [6.45, 7) is 6.01. The van der Waals surface area contributed by atoms with Crippen LogP contribution >= 0.6 is 0 Å². The maximum atomic E-state index is 12.2. The lowest BCUT2D eigenvalue weighted by Gasteiger charge is -2.08. The molecule has 6 nitrogen and oxygen atoms in total. The van der Waals surface area contributed by atoms with Crippen molar-refractivity contribution in [1.82, 2.24) is 9.78 Å². The quantitative estimate of drug-likeness (QED) is 0.614. The Balaban J connectivity index is 3.24. The number of rotatable bonds is 7. The van der Waals surface area contributed by atoms with Gasteiger partial charge in [-0.2, -0.15) is 0 Å². The number of esters is 1. The molecule has 1 N–H and O–H groups in total. The van der Waals surface area contributed by atoms with Crippen LogP contribution in [-0.4, -0.2) is 22.4 Å². The Labute approximate surface area is 118 Å². The zero-order chi connectivity index (χ0) is 15.1. The smallest absolute Gasteiger partial charge is 0.312 e. The molecule has 0 aliphatic heterocycles. The number of hydrogen-bond acceptors (Lipinski definition) is 4. The monoisotopic (exact) mass is 282 g/mol. The Hall–Kier alpha value is -1.98. The minimum Gasteiger partial charge on any atom is -0.493 e. The van der Waals surface area contributed by atoms with Gasteiger partial charge in [0, 0.05) is 13.5 Å². The first-order valence-electron chi connectivity index (χ1n) is 6.88. The van der Waals surface area contributed by atoms with Crippen molar-refractivity contribution in [1.29, 1.82) is 0 Å². The molecular formula is C14H22N2O4. The predicted molar refractivity (Wildman–Crippen MR) is 76.5 cm³/mol. The largest absolute Gasteiger partial charge is 0.493 e. The summed E-state index contributed by atoms with van der Waals surface area (Å²) < 4.78 is 12.0. The fourth-order valence-electron chi connectivity index (χ4n) is 1.67. The summed E-state index contributed by atoms with van der Waals surface area (Å²) in [6, 6.07) is 0. The molecule has 1 rings (SSSR count). The average Bonchev–Trinajstić information content (AvgIpc) is 2.70. The van der Waals surface area contributed by atoms with Crippen LogP contribution in [0.15, 0.2) is 10.9 Å². The van der Waals surface area contributed by atoms with Crippen molar-refractivity contribution in [2.24, 2.45) is 7.05 Å². The molecule has 1 aromatic heterocycles. The Morgan fingerprint density at radius 1 is 1.35 bits per heavy atom. The van der Waals surface area contributed by atoms with Crippen LogP contribution in [-0.2, 0) is 16.6 Å². The van der Waals surface area contributed by atoms with Crippen LogP contribution < -0.4 is 10.3 Å². The highest BCUT2D eigenvalue weighted by Crippen LogP contribution is 2.23. The maximum Gasteiger partial charge on any atom is 0.312 e. The normalized spacial score (nSPS) is 11.5. The molecule has 6 heteroatoms. The average molecular weight is 282 g/mol. The van der Waals surface area contributed by atoms with E-state index in [0.717, 1.165) is 12.8 Å². The SMILES string of the molecule is CCCC=C(OCC)c1c(OC(=O)CC)[nH]n(C)c1=O. The molecule has 0 amide bonds. The number of nitrogens with one attached hydrogen (secondary N) is 1. The topological polar surface area (TPSA) is 73.3 Å². The zero-order valence-corrected chi connectivity index (χ0v) is 12.5. The third kappa shape index (κ3) is 3.76. The number of unbranched alkanes of at least 4 members (excludes halogenated alkanes) is 1. The Kier molecular flexibility index (Phi) is 6.09. The van der Waals surface area contributed by atoms with Crippen LogP contribution in [0.25, 0.3) is 5.76 Å². The summed E-state index contributed by atoms with van der Waals surface area (Å²) in [7, 11) is 1.57. The van der Waals surface area contributed by atoms with Gasteiger partial charge in [0.25, 0.3) is 5.56 Å². The molecule has 0 aliphatic rings. The van der Waals surface area contributed by atoms with Crippen molar-refractivity contribution in [3.8, 4) is 5.88 Å². The first-order valence-corrected chi connectivity index (χ1v) is 6.88. The van der Waals surface area contributed by atoms with Crippen LogP contribution in [0.2, 0.25) is 0 Å². The van der Waals surface area contributed by atoms with Crippen LogP contribution in [0.1, 0.15) is 45.6 Å². The molecule has 0 atom stereocenters. The van der Waals surface area contributed by atoms with Crippen molar-refractivity contribution in [3.63, 3.8) is 0 Å². The van der Waals surface area contributed by atoms with Gasteiger partial charge in [0.2, 0.25) is 5.88 Å². The van der Waals surface area contributed by atoms with Gasteiger partial charge in [0.1, 0.15) is 11.3 Å². The highest BCUT2D eigenvalue weighted by Gasteiger charge is 2.21. The summed E-state index contributed by atoms with van der Waals surface area (Å²) in [5.41, 5.74) is -0.00990. The number of ether oxygens (including phenoxy) is 2. The van der Waals surface area contributed by atoms with E-state index in [1.165, 1.54) is 4.68 Å². The van der Waals surface area contributed by atoms with Crippen LogP contribution in [0.5, 0.6) is 5.88 Å². The van der Waals surface area contributed by atoms with Gasteiger partial charge < -0.3 is 9.47 Å². The van der Waals surface area contributed by atoms with E-state index in [2.05, 4.69) is 5.10 Å². The van der Waals surface area contributed by atoms with E-state index >= 15 is 0 Å². The van der Waals surface area contributed by atoms with Gasteiger partial charge in [-0.25, -0.2) is 0 Å². The Bertz CT molecular complexity index is 540. The van der Waals surface area contributed by atoms with Crippen molar-refractivity contribution in [3.05, 3.63) is 22.0 Å². The number of carbonyl (C=O) groups is 1. The molecule has 20 heavy (non-hydrogen) atoms. The molecule has 0 saturated heterocycles. The number of aryl methyl sites for hydroxylation is 1. The molecule has 0 bridgehead atoms. The Morgan fingerprint density at radius 3 is 2.60 bits per heavy atom. The molecule has 112 valence electrons. The molecule has 0 saturated carbocycles. The number of nitrogens with zero attached hydrogens (tertiary/aromatic N) is 1. The third-order valence-electron chi connectivity index (χ3n) is 2.68. The molecule has 1 heterocycles. The summed E-state index contributed by atoms with van der Waals surface area (Å²) in [5, 5.41) is 2.73. The van der Waals surface area contributed by atoms with Gasteiger partial charge in [-0.05, 0) is 19.4 Å². The fraction of sp³-hybridized carbons (Fsp3) is 0.571. The van der Waals surface area contributed by atoms with Crippen LogP contribution in [0, 0.1) is 0 Å². The lowest BCUT2D eigenvalue weighted by atomic mass is 10.2. The van der Waals surface area contributed by atoms with Crippen molar-refractivity contribution in [2.45, 2.75) is 40.0 Å². The number of hydrogen-bond donors (Lipinski definition) is 1.